The molecule has 1 nitrogen and oxygen atoms in total. The van der Waals surface area contributed by atoms with Gasteiger partial charge < -0.3 is 4.74 Å². The number of hydrogen-bond acceptors (Lipinski definition) is 1. The normalized spacial score (nSPS) is 11.9. The van der Waals surface area contributed by atoms with Gasteiger partial charge in [0, 0.05) is 10.9 Å². The molecule has 0 saturated heterocycles. The van der Waals surface area contributed by atoms with Crippen molar-refractivity contribution in [3.05, 3.63) is 194 Å². The molecule has 53 heavy (non-hydrogen) atoms. The molecule has 1 heterocycles. The summed E-state index contributed by atoms with van der Waals surface area (Å²) in [4.78, 5) is 0. The van der Waals surface area contributed by atoms with E-state index in [1.54, 1.807) is 0 Å². The van der Waals surface area contributed by atoms with Crippen LogP contribution in [0.25, 0.3) is 98.7 Å². The lowest BCUT2D eigenvalue weighted by molar-refractivity contribution is 0.487. The Bertz CT molecular complexity index is 3050. The Kier molecular flexibility index (Phi) is 6.62. The highest BCUT2D eigenvalue weighted by molar-refractivity contribution is 6.28. The highest BCUT2D eigenvalue weighted by atomic mass is 16.5. The van der Waals surface area contributed by atoms with E-state index in [0.717, 1.165) is 22.4 Å². The lowest BCUT2D eigenvalue weighted by Gasteiger charge is -2.23. The molecule has 1 heteroatoms. The van der Waals surface area contributed by atoms with Gasteiger partial charge in [-0.05, 0) is 106 Å². The largest absolute Gasteiger partial charge is 0.456 e. The van der Waals surface area contributed by atoms with Crippen LogP contribution in [0.1, 0.15) is 0 Å². The zero-order valence-corrected chi connectivity index (χ0v) is 28.9. The van der Waals surface area contributed by atoms with Crippen molar-refractivity contribution in [3.8, 4) is 67.1 Å². The van der Waals surface area contributed by atoms with Gasteiger partial charge in [-0.15, -0.1) is 0 Å². The van der Waals surface area contributed by atoms with E-state index in [4.69, 9.17) is 4.74 Å². The third-order valence-electron chi connectivity index (χ3n) is 11.1. The van der Waals surface area contributed by atoms with Gasteiger partial charge in [-0.1, -0.05) is 176 Å². The third kappa shape index (κ3) is 4.64. The van der Waals surface area contributed by atoms with E-state index in [-0.39, 0.29) is 0 Å². The van der Waals surface area contributed by atoms with Crippen molar-refractivity contribution >= 4 is 43.1 Å². The average Bonchev–Trinajstić information content (AvgIpc) is 3.23. The molecule has 0 spiro atoms. The molecule has 1 aliphatic rings. The second kappa shape index (κ2) is 11.8. The van der Waals surface area contributed by atoms with Crippen LogP contribution in [0.4, 0.5) is 0 Å². The molecular formula is C52H32O. The van der Waals surface area contributed by atoms with Crippen LogP contribution in [0, 0.1) is 0 Å². The molecule has 0 amide bonds. The van der Waals surface area contributed by atoms with Gasteiger partial charge in [0.15, 0.2) is 0 Å². The summed E-state index contributed by atoms with van der Waals surface area (Å²) in [5.41, 5.74) is 12.1. The SMILES string of the molecule is c1ccc(-c2ccc3c(c2)-c2cccc4c(-c5ccc(-c6c7ccccc7c(-c7ccccc7)c7c6ccc6ccccc67)cc5)ccc(c24)O3)cc1. The molecule has 0 bridgehead atoms. The number of hydrogen-bond donors (Lipinski definition) is 0. The Hall–Kier alpha value is -6.96. The van der Waals surface area contributed by atoms with Crippen molar-refractivity contribution < 1.29 is 4.74 Å². The van der Waals surface area contributed by atoms with Gasteiger partial charge >= 0.3 is 0 Å². The van der Waals surface area contributed by atoms with Crippen LogP contribution < -0.4 is 4.74 Å². The second-order valence-corrected chi connectivity index (χ2v) is 14.0. The van der Waals surface area contributed by atoms with Gasteiger partial charge in [0.05, 0.1) is 0 Å². The molecular weight excluding hydrogens is 641 g/mol. The van der Waals surface area contributed by atoms with Gasteiger partial charge in [0.1, 0.15) is 11.5 Å². The molecule has 0 fully saturated rings. The number of fused-ring (bicyclic) bond motifs is 6. The zero-order chi connectivity index (χ0) is 34.9. The topological polar surface area (TPSA) is 9.23 Å². The highest BCUT2D eigenvalue weighted by Gasteiger charge is 2.23. The summed E-state index contributed by atoms with van der Waals surface area (Å²) in [6.45, 7) is 0. The minimum absolute atomic E-state index is 0.896. The van der Waals surface area contributed by atoms with Crippen LogP contribution in [0.5, 0.6) is 11.5 Å². The maximum atomic E-state index is 6.56. The maximum Gasteiger partial charge on any atom is 0.135 e. The molecule has 11 rings (SSSR count). The minimum Gasteiger partial charge on any atom is -0.456 e. The number of rotatable bonds is 4. The smallest absolute Gasteiger partial charge is 0.135 e. The average molecular weight is 673 g/mol. The summed E-state index contributed by atoms with van der Waals surface area (Å²) in [5.74, 6) is 1.80. The predicted molar refractivity (Wildman–Crippen MR) is 224 cm³/mol. The fourth-order valence-electron chi connectivity index (χ4n) is 8.67. The van der Waals surface area contributed by atoms with E-state index < -0.39 is 0 Å². The monoisotopic (exact) mass is 672 g/mol. The van der Waals surface area contributed by atoms with E-state index in [1.807, 2.05) is 0 Å². The highest BCUT2D eigenvalue weighted by Crippen LogP contribution is 2.50. The standard InChI is InChI=1S/C52H32O/c1-3-12-33(13-4-1)38-27-30-47-46(32-38)44-21-11-20-41-39(29-31-48(53-47)51(41)44)35-22-24-37(25-23-35)49-42-18-9-10-19-43(42)50(36-15-5-2-6-16-36)52-40-17-8-7-14-34(40)26-28-45(49)52/h1-32H. The lowest BCUT2D eigenvalue weighted by atomic mass is 9.83. The molecule has 1 aliphatic heterocycles. The Labute approximate surface area is 308 Å². The van der Waals surface area contributed by atoms with E-state index in [9.17, 15) is 0 Å². The molecule has 0 aromatic heterocycles. The van der Waals surface area contributed by atoms with E-state index in [0.29, 0.717) is 0 Å². The first kappa shape index (κ1) is 29.7. The summed E-state index contributed by atoms with van der Waals surface area (Å²) < 4.78 is 6.56. The molecule has 0 unspecified atom stereocenters. The van der Waals surface area contributed by atoms with E-state index in [2.05, 4.69) is 194 Å². The van der Waals surface area contributed by atoms with Crippen molar-refractivity contribution in [2.45, 2.75) is 0 Å². The fourth-order valence-corrected chi connectivity index (χ4v) is 8.67. The fraction of sp³-hybridized carbons (Fsp3) is 0. The first-order valence-electron chi connectivity index (χ1n) is 18.3. The van der Waals surface area contributed by atoms with Crippen molar-refractivity contribution in [1.29, 1.82) is 0 Å². The molecule has 246 valence electrons. The maximum absolute atomic E-state index is 6.56. The Morgan fingerprint density at radius 1 is 0.264 bits per heavy atom. The minimum atomic E-state index is 0.896. The van der Waals surface area contributed by atoms with Crippen LogP contribution >= 0.6 is 0 Å². The van der Waals surface area contributed by atoms with Crippen molar-refractivity contribution in [2.24, 2.45) is 0 Å². The Balaban J connectivity index is 1.09. The Morgan fingerprint density at radius 3 is 1.66 bits per heavy atom. The van der Waals surface area contributed by atoms with Crippen LogP contribution in [0.2, 0.25) is 0 Å². The Morgan fingerprint density at radius 2 is 0.868 bits per heavy atom. The van der Waals surface area contributed by atoms with Crippen molar-refractivity contribution in [1.82, 2.24) is 0 Å². The zero-order valence-electron chi connectivity index (χ0n) is 28.9. The van der Waals surface area contributed by atoms with E-state index >= 15 is 0 Å². The summed E-state index contributed by atoms with van der Waals surface area (Å²) >= 11 is 0. The lowest BCUT2D eigenvalue weighted by Crippen LogP contribution is -1.98. The number of benzene rings is 10. The molecule has 0 N–H and O–H groups in total. The van der Waals surface area contributed by atoms with Crippen LogP contribution in [0.15, 0.2) is 194 Å². The van der Waals surface area contributed by atoms with Crippen LogP contribution in [-0.2, 0) is 0 Å². The summed E-state index contributed by atoms with van der Waals surface area (Å²) in [5, 5.41) is 9.96. The van der Waals surface area contributed by atoms with Gasteiger partial charge in [-0.25, -0.2) is 0 Å². The van der Waals surface area contributed by atoms with Crippen LogP contribution in [-0.4, -0.2) is 0 Å². The molecule has 10 aromatic carbocycles. The number of ether oxygens (including phenoxy) is 1. The molecule has 0 saturated carbocycles. The van der Waals surface area contributed by atoms with Gasteiger partial charge in [-0.2, -0.15) is 0 Å². The van der Waals surface area contributed by atoms with Gasteiger partial charge in [0.2, 0.25) is 0 Å². The second-order valence-electron chi connectivity index (χ2n) is 14.0. The van der Waals surface area contributed by atoms with Crippen molar-refractivity contribution in [2.75, 3.05) is 0 Å². The summed E-state index contributed by atoms with van der Waals surface area (Å²) in [7, 11) is 0. The molecule has 0 radical (unpaired) electrons. The predicted octanol–water partition coefficient (Wildman–Crippen LogP) is 14.7. The summed E-state index contributed by atoms with van der Waals surface area (Å²) in [6, 6.07) is 70.4. The van der Waals surface area contributed by atoms with E-state index in [1.165, 1.54) is 87.8 Å². The molecule has 10 aromatic rings. The van der Waals surface area contributed by atoms with Gasteiger partial charge in [-0.3, -0.25) is 0 Å². The van der Waals surface area contributed by atoms with Crippen molar-refractivity contribution in [3.63, 3.8) is 0 Å². The summed E-state index contributed by atoms with van der Waals surface area (Å²) in [6.07, 6.45) is 0. The molecule has 0 atom stereocenters. The quantitative estimate of drug-likeness (QED) is 0.134. The van der Waals surface area contributed by atoms with Crippen LogP contribution in [0.3, 0.4) is 0 Å². The van der Waals surface area contributed by atoms with Gasteiger partial charge in [0.25, 0.3) is 0 Å². The third-order valence-corrected chi connectivity index (χ3v) is 11.1. The first-order valence-corrected chi connectivity index (χ1v) is 18.3. The first-order chi connectivity index (χ1) is 26.3. The molecule has 0 aliphatic carbocycles.